The monoisotopic (exact) mass is 298 g/mol. The highest BCUT2D eigenvalue weighted by Crippen LogP contribution is 2.11. The molecule has 1 aliphatic heterocycles. The third kappa shape index (κ3) is 3.98. The van der Waals surface area contributed by atoms with E-state index in [2.05, 4.69) is 17.0 Å². The van der Waals surface area contributed by atoms with Crippen LogP contribution in [0.3, 0.4) is 0 Å². The van der Waals surface area contributed by atoms with E-state index >= 15 is 0 Å². The van der Waals surface area contributed by atoms with Gasteiger partial charge in [0.1, 0.15) is 5.76 Å². The van der Waals surface area contributed by atoms with Crippen LogP contribution in [-0.4, -0.2) is 41.9 Å². The predicted octanol–water partition coefficient (Wildman–Crippen LogP) is 2.56. The first-order valence-corrected chi connectivity index (χ1v) is 7.88. The van der Waals surface area contributed by atoms with E-state index in [0.29, 0.717) is 6.42 Å². The summed E-state index contributed by atoms with van der Waals surface area (Å²) in [5, 5.41) is 0. The van der Waals surface area contributed by atoms with E-state index in [0.717, 1.165) is 44.9 Å². The van der Waals surface area contributed by atoms with E-state index in [4.69, 9.17) is 4.42 Å². The van der Waals surface area contributed by atoms with Crippen molar-refractivity contribution in [1.29, 1.82) is 0 Å². The van der Waals surface area contributed by atoms with Crippen LogP contribution in [0.5, 0.6) is 0 Å². The van der Waals surface area contributed by atoms with Gasteiger partial charge in [-0.25, -0.2) is 0 Å². The van der Waals surface area contributed by atoms with Crippen LogP contribution in [0.4, 0.5) is 0 Å². The average Bonchev–Trinajstić information content (AvgIpc) is 3.07. The zero-order valence-corrected chi connectivity index (χ0v) is 12.8. The molecule has 2 heterocycles. The number of piperazine rings is 1. The van der Waals surface area contributed by atoms with E-state index in [1.165, 1.54) is 5.56 Å². The number of benzene rings is 1. The largest absolute Gasteiger partial charge is 0.468 e. The smallest absolute Gasteiger partial charge is 0.222 e. The second-order valence-corrected chi connectivity index (χ2v) is 5.72. The van der Waals surface area contributed by atoms with Gasteiger partial charge in [-0.15, -0.1) is 0 Å². The molecule has 0 N–H and O–H groups in total. The number of hydrogen-bond donors (Lipinski definition) is 0. The fourth-order valence-corrected chi connectivity index (χ4v) is 2.83. The van der Waals surface area contributed by atoms with Crippen molar-refractivity contribution in [3.8, 4) is 0 Å². The van der Waals surface area contributed by atoms with E-state index in [1.807, 2.05) is 35.2 Å². The minimum absolute atomic E-state index is 0.265. The number of amides is 1. The van der Waals surface area contributed by atoms with Gasteiger partial charge in [0.15, 0.2) is 0 Å². The van der Waals surface area contributed by atoms with Crippen molar-refractivity contribution in [1.82, 2.24) is 9.80 Å². The fourth-order valence-electron chi connectivity index (χ4n) is 2.83. The summed E-state index contributed by atoms with van der Waals surface area (Å²) in [6.07, 6.45) is 3.13. The summed E-state index contributed by atoms with van der Waals surface area (Å²) in [6, 6.07) is 14.1. The van der Waals surface area contributed by atoms with Crippen LogP contribution in [0.2, 0.25) is 0 Å². The number of furan rings is 1. The van der Waals surface area contributed by atoms with Crippen molar-refractivity contribution in [2.75, 3.05) is 26.2 Å². The molecule has 22 heavy (non-hydrogen) atoms. The van der Waals surface area contributed by atoms with Gasteiger partial charge in [-0.3, -0.25) is 9.69 Å². The Kier molecular flexibility index (Phi) is 4.91. The Morgan fingerprint density at radius 1 is 1.00 bits per heavy atom. The number of hydrogen-bond acceptors (Lipinski definition) is 3. The molecule has 0 atom stereocenters. The normalized spacial score (nSPS) is 15.9. The summed E-state index contributed by atoms with van der Waals surface area (Å²) < 4.78 is 5.38. The van der Waals surface area contributed by atoms with Crippen molar-refractivity contribution < 1.29 is 9.21 Å². The van der Waals surface area contributed by atoms with Gasteiger partial charge in [-0.1, -0.05) is 30.3 Å². The lowest BCUT2D eigenvalue weighted by atomic mass is 10.1. The summed E-state index contributed by atoms with van der Waals surface area (Å²) >= 11 is 0. The molecule has 1 aromatic heterocycles. The molecular weight excluding hydrogens is 276 g/mol. The molecule has 1 aliphatic rings. The predicted molar refractivity (Wildman–Crippen MR) is 85.3 cm³/mol. The quantitative estimate of drug-likeness (QED) is 0.851. The van der Waals surface area contributed by atoms with E-state index < -0.39 is 0 Å². The van der Waals surface area contributed by atoms with E-state index in [9.17, 15) is 4.79 Å². The van der Waals surface area contributed by atoms with Crippen LogP contribution in [0.1, 0.15) is 17.7 Å². The summed E-state index contributed by atoms with van der Waals surface area (Å²) in [7, 11) is 0. The highest BCUT2D eigenvalue weighted by Gasteiger charge is 2.21. The van der Waals surface area contributed by atoms with Gasteiger partial charge < -0.3 is 9.32 Å². The number of carbonyl (C=O) groups excluding carboxylic acids is 1. The van der Waals surface area contributed by atoms with Crippen LogP contribution < -0.4 is 0 Å². The molecule has 0 spiro atoms. The third-order valence-electron chi connectivity index (χ3n) is 4.15. The van der Waals surface area contributed by atoms with Crippen molar-refractivity contribution in [3.05, 3.63) is 60.1 Å². The summed E-state index contributed by atoms with van der Waals surface area (Å²) in [4.78, 5) is 16.6. The SMILES string of the molecule is O=C(CCc1ccccc1)N1CCN(Cc2ccco2)CC1. The fraction of sp³-hybridized carbons (Fsp3) is 0.389. The highest BCUT2D eigenvalue weighted by molar-refractivity contribution is 5.76. The summed E-state index contributed by atoms with van der Waals surface area (Å²) in [6.45, 7) is 4.29. The molecule has 0 radical (unpaired) electrons. The molecule has 4 nitrogen and oxygen atoms in total. The lowest BCUT2D eigenvalue weighted by molar-refractivity contribution is -0.133. The maximum Gasteiger partial charge on any atom is 0.222 e. The molecule has 0 bridgehead atoms. The topological polar surface area (TPSA) is 36.7 Å². The molecule has 1 fully saturated rings. The molecule has 4 heteroatoms. The summed E-state index contributed by atoms with van der Waals surface area (Å²) in [5.74, 6) is 1.25. The second kappa shape index (κ2) is 7.27. The second-order valence-electron chi connectivity index (χ2n) is 5.72. The van der Waals surface area contributed by atoms with Crippen LogP contribution in [0.25, 0.3) is 0 Å². The molecule has 0 saturated carbocycles. The first kappa shape index (κ1) is 14.9. The molecule has 116 valence electrons. The molecule has 3 rings (SSSR count). The Morgan fingerprint density at radius 2 is 1.77 bits per heavy atom. The third-order valence-corrected chi connectivity index (χ3v) is 4.15. The number of nitrogens with zero attached hydrogens (tertiary/aromatic N) is 2. The van der Waals surface area contributed by atoms with Crippen LogP contribution in [0.15, 0.2) is 53.1 Å². The number of carbonyl (C=O) groups is 1. The maximum atomic E-state index is 12.3. The Morgan fingerprint density at radius 3 is 2.45 bits per heavy atom. The first-order chi connectivity index (χ1) is 10.8. The van der Waals surface area contributed by atoms with Gasteiger partial charge in [0.05, 0.1) is 12.8 Å². The van der Waals surface area contributed by atoms with Crippen molar-refractivity contribution >= 4 is 5.91 Å². The Bertz CT molecular complexity index is 572. The van der Waals surface area contributed by atoms with E-state index in [-0.39, 0.29) is 5.91 Å². The minimum Gasteiger partial charge on any atom is -0.468 e. The zero-order valence-electron chi connectivity index (χ0n) is 12.8. The molecular formula is C18H22N2O2. The first-order valence-electron chi connectivity index (χ1n) is 7.88. The number of rotatable bonds is 5. The average molecular weight is 298 g/mol. The lowest BCUT2D eigenvalue weighted by Crippen LogP contribution is -2.48. The van der Waals surface area contributed by atoms with Crippen molar-refractivity contribution in [2.45, 2.75) is 19.4 Å². The van der Waals surface area contributed by atoms with Crippen LogP contribution in [0, 0.1) is 0 Å². The molecule has 2 aromatic rings. The maximum absolute atomic E-state index is 12.3. The van der Waals surface area contributed by atoms with E-state index in [1.54, 1.807) is 6.26 Å². The molecule has 1 amide bonds. The van der Waals surface area contributed by atoms with Crippen LogP contribution in [-0.2, 0) is 17.8 Å². The van der Waals surface area contributed by atoms with Gasteiger partial charge in [-0.2, -0.15) is 0 Å². The van der Waals surface area contributed by atoms with Crippen molar-refractivity contribution in [3.63, 3.8) is 0 Å². The summed E-state index contributed by atoms with van der Waals surface area (Å²) in [5.41, 5.74) is 1.23. The van der Waals surface area contributed by atoms with Crippen LogP contribution >= 0.6 is 0 Å². The zero-order chi connectivity index (χ0) is 15.2. The van der Waals surface area contributed by atoms with Crippen molar-refractivity contribution in [2.24, 2.45) is 0 Å². The minimum atomic E-state index is 0.265. The highest BCUT2D eigenvalue weighted by atomic mass is 16.3. The Hall–Kier alpha value is -2.07. The Balaban J connectivity index is 1.42. The molecule has 1 saturated heterocycles. The molecule has 0 aliphatic carbocycles. The standard InChI is InChI=1S/C18H22N2O2/c21-18(9-8-16-5-2-1-3-6-16)20-12-10-19(11-13-20)15-17-7-4-14-22-17/h1-7,14H,8-13,15H2. The van der Waals surface area contributed by atoms with Gasteiger partial charge in [0.25, 0.3) is 0 Å². The van der Waals surface area contributed by atoms with Gasteiger partial charge in [-0.05, 0) is 24.1 Å². The number of aryl methyl sites for hydroxylation is 1. The van der Waals surface area contributed by atoms with Gasteiger partial charge in [0, 0.05) is 32.6 Å². The lowest BCUT2D eigenvalue weighted by Gasteiger charge is -2.34. The van der Waals surface area contributed by atoms with Gasteiger partial charge in [0.2, 0.25) is 5.91 Å². The van der Waals surface area contributed by atoms with Gasteiger partial charge >= 0.3 is 0 Å². The molecule has 1 aromatic carbocycles. The molecule has 0 unspecified atom stereocenters. The Labute approximate surface area is 131 Å².